The third kappa shape index (κ3) is 2.28. The van der Waals surface area contributed by atoms with Crippen molar-refractivity contribution in [3.05, 3.63) is 33.9 Å². The first kappa shape index (κ1) is 12.4. The van der Waals surface area contributed by atoms with Crippen LogP contribution in [-0.2, 0) is 0 Å². The first-order chi connectivity index (χ1) is 8.63. The number of hydrogen-bond acceptors (Lipinski definition) is 5. The largest absolute Gasteiger partial charge is 0.495 e. The predicted molar refractivity (Wildman–Crippen MR) is 69.5 cm³/mol. The molecule has 1 heterocycles. The molecule has 1 aromatic rings. The molecule has 0 aromatic heterocycles. The monoisotopic (exact) mass is 249 g/mol. The smallest absolute Gasteiger partial charge is 0.279 e. The van der Waals surface area contributed by atoms with Gasteiger partial charge < -0.3 is 15.8 Å². The fraction of sp³-hybridized carbons (Fsp3) is 0.333. The van der Waals surface area contributed by atoms with E-state index in [4.69, 9.17) is 10.5 Å². The van der Waals surface area contributed by atoms with Gasteiger partial charge in [0.1, 0.15) is 5.75 Å². The minimum Gasteiger partial charge on any atom is -0.495 e. The molecule has 1 aromatic carbocycles. The molecule has 0 spiro atoms. The van der Waals surface area contributed by atoms with Crippen LogP contribution in [0.25, 0.3) is 5.57 Å². The van der Waals surface area contributed by atoms with Crippen LogP contribution in [0.2, 0.25) is 0 Å². The molecule has 0 radical (unpaired) electrons. The molecule has 0 atom stereocenters. The molecule has 6 nitrogen and oxygen atoms in total. The van der Waals surface area contributed by atoms with Gasteiger partial charge in [-0.1, -0.05) is 6.08 Å². The van der Waals surface area contributed by atoms with Crippen LogP contribution < -0.4 is 15.8 Å². The highest BCUT2D eigenvalue weighted by Gasteiger charge is 2.21. The fourth-order valence-electron chi connectivity index (χ4n) is 2.04. The molecule has 0 amide bonds. The number of hydrogen-bond donors (Lipinski definition) is 2. The molecule has 2 rings (SSSR count). The summed E-state index contributed by atoms with van der Waals surface area (Å²) in [5, 5.41) is 14.3. The molecule has 1 aliphatic heterocycles. The lowest BCUT2D eigenvalue weighted by Crippen LogP contribution is -2.20. The minimum absolute atomic E-state index is 0.0291. The quantitative estimate of drug-likeness (QED) is 0.482. The van der Waals surface area contributed by atoms with Gasteiger partial charge in [-0.2, -0.15) is 0 Å². The lowest BCUT2D eigenvalue weighted by Gasteiger charge is -2.15. The van der Waals surface area contributed by atoms with Gasteiger partial charge in [0, 0.05) is 12.6 Å². The van der Waals surface area contributed by atoms with Crippen LogP contribution in [0.15, 0.2) is 18.2 Å². The van der Waals surface area contributed by atoms with E-state index in [-0.39, 0.29) is 11.4 Å². The standard InChI is InChI=1S/C12H15N3O3/c1-18-12-6-9(8-2-4-14-5-3-8)11(15(16)17)7-10(12)13/h2,6-7,14H,3-5,13H2,1H3. The summed E-state index contributed by atoms with van der Waals surface area (Å²) in [6.07, 6.45) is 2.72. The predicted octanol–water partition coefficient (Wildman–Crippen LogP) is 1.56. The molecule has 96 valence electrons. The zero-order valence-corrected chi connectivity index (χ0v) is 10.1. The average Bonchev–Trinajstić information content (AvgIpc) is 2.39. The number of benzene rings is 1. The highest BCUT2D eigenvalue weighted by molar-refractivity contribution is 5.78. The van der Waals surface area contributed by atoms with Crippen LogP contribution in [0.3, 0.4) is 0 Å². The number of rotatable bonds is 3. The average molecular weight is 249 g/mol. The maximum atomic E-state index is 11.1. The third-order valence-electron chi connectivity index (χ3n) is 2.95. The van der Waals surface area contributed by atoms with Crippen molar-refractivity contribution in [2.75, 3.05) is 25.9 Å². The molecular formula is C12H15N3O3. The molecule has 0 aliphatic carbocycles. The van der Waals surface area contributed by atoms with Crippen LogP contribution in [0.1, 0.15) is 12.0 Å². The lowest BCUT2D eigenvalue weighted by molar-refractivity contribution is -0.385. The Kier molecular flexibility index (Phi) is 3.47. The fourth-order valence-corrected chi connectivity index (χ4v) is 2.04. The van der Waals surface area contributed by atoms with Gasteiger partial charge in [-0.05, 0) is 24.6 Å². The van der Waals surface area contributed by atoms with Gasteiger partial charge >= 0.3 is 0 Å². The number of nitro benzene ring substituents is 1. The number of nitrogens with one attached hydrogen (secondary N) is 1. The van der Waals surface area contributed by atoms with Crippen LogP contribution in [0.4, 0.5) is 11.4 Å². The Hall–Kier alpha value is -2.08. The Morgan fingerprint density at radius 1 is 1.50 bits per heavy atom. The van der Waals surface area contributed by atoms with Crippen molar-refractivity contribution in [2.45, 2.75) is 6.42 Å². The summed E-state index contributed by atoms with van der Waals surface area (Å²) >= 11 is 0. The maximum absolute atomic E-state index is 11.1. The van der Waals surface area contributed by atoms with Gasteiger partial charge in [0.2, 0.25) is 0 Å². The van der Waals surface area contributed by atoms with E-state index in [1.165, 1.54) is 13.2 Å². The summed E-state index contributed by atoms with van der Waals surface area (Å²) in [5.41, 5.74) is 7.56. The van der Waals surface area contributed by atoms with Gasteiger partial charge in [-0.25, -0.2) is 0 Å². The van der Waals surface area contributed by atoms with E-state index < -0.39 is 4.92 Å². The molecule has 3 N–H and O–H groups in total. The Morgan fingerprint density at radius 2 is 2.28 bits per heavy atom. The second-order valence-electron chi connectivity index (χ2n) is 4.05. The Bertz CT molecular complexity index is 512. The van der Waals surface area contributed by atoms with Crippen LogP contribution in [0, 0.1) is 10.1 Å². The summed E-state index contributed by atoms with van der Waals surface area (Å²) in [7, 11) is 1.50. The minimum atomic E-state index is -0.409. The lowest BCUT2D eigenvalue weighted by atomic mass is 9.98. The van der Waals surface area contributed by atoms with E-state index in [1.807, 2.05) is 6.08 Å². The topological polar surface area (TPSA) is 90.4 Å². The van der Waals surface area contributed by atoms with E-state index in [0.717, 1.165) is 25.1 Å². The molecular weight excluding hydrogens is 234 g/mol. The van der Waals surface area contributed by atoms with Crippen molar-refractivity contribution >= 4 is 16.9 Å². The van der Waals surface area contributed by atoms with E-state index in [0.29, 0.717) is 11.3 Å². The number of nitro groups is 1. The van der Waals surface area contributed by atoms with Crippen LogP contribution in [0.5, 0.6) is 5.75 Å². The molecule has 0 unspecified atom stereocenters. The van der Waals surface area contributed by atoms with E-state index >= 15 is 0 Å². The van der Waals surface area contributed by atoms with Crippen LogP contribution >= 0.6 is 0 Å². The van der Waals surface area contributed by atoms with E-state index in [1.54, 1.807) is 6.07 Å². The molecule has 0 fully saturated rings. The van der Waals surface area contributed by atoms with Gasteiger partial charge in [0.05, 0.1) is 23.3 Å². The third-order valence-corrected chi connectivity index (χ3v) is 2.95. The van der Waals surface area contributed by atoms with Gasteiger partial charge in [-0.15, -0.1) is 0 Å². The van der Waals surface area contributed by atoms with Crippen LogP contribution in [-0.4, -0.2) is 25.1 Å². The summed E-state index contributed by atoms with van der Waals surface area (Å²) < 4.78 is 5.12. The number of nitrogen functional groups attached to an aromatic ring is 1. The van der Waals surface area contributed by atoms with Crippen molar-refractivity contribution in [1.29, 1.82) is 0 Å². The summed E-state index contributed by atoms with van der Waals surface area (Å²) in [4.78, 5) is 10.7. The first-order valence-corrected chi connectivity index (χ1v) is 5.65. The maximum Gasteiger partial charge on any atom is 0.279 e. The second-order valence-corrected chi connectivity index (χ2v) is 4.05. The zero-order chi connectivity index (χ0) is 13.1. The summed E-state index contributed by atoms with van der Waals surface area (Å²) in [5.74, 6) is 0.468. The molecule has 1 aliphatic rings. The summed E-state index contributed by atoms with van der Waals surface area (Å²) in [6.45, 7) is 1.54. The van der Waals surface area contributed by atoms with E-state index in [9.17, 15) is 10.1 Å². The Morgan fingerprint density at radius 3 is 2.83 bits per heavy atom. The first-order valence-electron chi connectivity index (χ1n) is 5.65. The molecule has 0 saturated carbocycles. The highest BCUT2D eigenvalue weighted by Crippen LogP contribution is 2.36. The highest BCUT2D eigenvalue weighted by atomic mass is 16.6. The van der Waals surface area contributed by atoms with Gasteiger partial charge in [0.25, 0.3) is 5.69 Å². The molecule has 18 heavy (non-hydrogen) atoms. The van der Waals surface area contributed by atoms with Crippen molar-refractivity contribution in [1.82, 2.24) is 5.32 Å². The Balaban J connectivity index is 2.55. The van der Waals surface area contributed by atoms with Crippen molar-refractivity contribution in [2.24, 2.45) is 0 Å². The zero-order valence-electron chi connectivity index (χ0n) is 10.1. The molecule has 0 bridgehead atoms. The molecule has 6 heteroatoms. The SMILES string of the molecule is COc1cc(C2=CCNCC2)c([N+](=O)[O-])cc1N. The van der Waals surface area contributed by atoms with Gasteiger partial charge in [-0.3, -0.25) is 10.1 Å². The normalized spacial score (nSPS) is 15.1. The number of methoxy groups -OCH3 is 1. The summed E-state index contributed by atoms with van der Waals surface area (Å²) in [6, 6.07) is 3.00. The van der Waals surface area contributed by atoms with Crippen molar-refractivity contribution < 1.29 is 9.66 Å². The number of ether oxygens (including phenoxy) is 1. The van der Waals surface area contributed by atoms with Crippen molar-refractivity contribution in [3.63, 3.8) is 0 Å². The number of nitrogens with zero attached hydrogens (tertiary/aromatic N) is 1. The number of anilines is 1. The number of nitrogens with two attached hydrogens (primary N) is 1. The molecule has 0 saturated heterocycles. The van der Waals surface area contributed by atoms with Gasteiger partial charge in [0.15, 0.2) is 0 Å². The van der Waals surface area contributed by atoms with E-state index in [2.05, 4.69) is 5.32 Å². The van der Waals surface area contributed by atoms with Crippen molar-refractivity contribution in [3.8, 4) is 5.75 Å². The second kappa shape index (κ2) is 5.05. The Labute approximate surface area is 105 Å².